The van der Waals surface area contributed by atoms with Crippen molar-refractivity contribution in [1.29, 1.82) is 0 Å². The van der Waals surface area contributed by atoms with Gasteiger partial charge in [0, 0.05) is 18.0 Å². The smallest absolute Gasteiger partial charge is 0.128 e. The molecule has 0 fully saturated rings. The van der Waals surface area contributed by atoms with Crippen molar-refractivity contribution in [3.63, 3.8) is 0 Å². The second kappa shape index (κ2) is 6.29. The third-order valence-corrected chi connectivity index (χ3v) is 2.98. The van der Waals surface area contributed by atoms with E-state index in [-0.39, 0.29) is 6.04 Å². The molecule has 19 heavy (non-hydrogen) atoms. The van der Waals surface area contributed by atoms with Crippen molar-refractivity contribution >= 4 is 5.82 Å². The highest BCUT2D eigenvalue weighted by Gasteiger charge is 2.17. The molecule has 2 aromatic heterocycles. The van der Waals surface area contributed by atoms with Crippen LogP contribution in [0.1, 0.15) is 36.2 Å². The number of rotatable bonds is 5. The Morgan fingerprint density at radius 2 is 2.16 bits per heavy atom. The predicted molar refractivity (Wildman–Crippen MR) is 77.8 cm³/mol. The third kappa shape index (κ3) is 3.29. The Bertz CT molecular complexity index is 525. The summed E-state index contributed by atoms with van der Waals surface area (Å²) >= 11 is 0. The van der Waals surface area contributed by atoms with E-state index >= 15 is 0 Å². The fraction of sp³-hybridized carbons (Fsp3) is 0.333. The number of anilines is 1. The first-order valence-corrected chi connectivity index (χ1v) is 6.58. The average Bonchev–Trinajstić information content (AvgIpc) is 2.44. The van der Waals surface area contributed by atoms with Gasteiger partial charge in [-0.1, -0.05) is 13.0 Å². The van der Waals surface area contributed by atoms with Gasteiger partial charge in [0.1, 0.15) is 5.82 Å². The maximum absolute atomic E-state index is 6.02. The Balaban J connectivity index is 2.40. The van der Waals surface area contributed by atoms with Crippen LogP contribution in [-0.2, 0) is 0 Å². The molecule has 3 N–H and O–H groups in total. The molecular formula is C15H20N4. The van der Waals surface area contributed by atoms with Gasteiger partial charge >= 0.3 is 0 Å². The molecule has 0 aliphatic rings. The molecule has 4 heteroatoms. The van der Waals surface area contributed by atoms with Gasteiger partial charge in [0.25, 0.3) is 0 Å². The Morgan fingerprint density at radius 3 is 2.84 bits per heavy atom. The second-order valence-corrected chi connectivity index (χ2v) is 4.63. The summed E-state index contributed by atoms with van der Waals surface area (Å²) in [7, 11) is 0. The number of hydrogen-bond acceptors (Lipinski definition) is 4. The zero-order chi connectivity index (χ0) is 13.7. The van der Waals surface area contributed by atoms with E-state index in [9.17, 15) is 0 Å². The third-order valence-electron chi connectivity index (χ3n) is 2.98. The molecule has 1 unspecified atom stereocenters. The maximum atomic E-state index is 6.02. The highest BCUT2D eigenvalue weighted by Crippen LogP contribution is 2.24. The van der Waals surface area contributed by atoms with Crippen LogP contribution in [0.25, 0.3) is 0 Å². The molecule has 1 atom stereocenters. The number of nitrogens with zero attached hydrogens (tertiary/aromatic N) is 2. The summed E-state index contributed by atoms with van der Waals surface area (Å²) in [5.41, 5.74) is 9.08. The minimum atomic E-state index is -0.00597. The standard InChI is InChI=1S/C15H20N4/c1-3-7-18-14(13-6-4-5-8-17-13)12-9-11(2)10-19-15(12)16/h4-6,8-10,14,18H,3,7H2,1-2H3,(H2,16,19). The van der Waals surface area contributed by atoms with Gasteiger partial charge in [0.05, 0.1) is 11.7 Å². The lowest BCUT2D eigenvalue weighted by Gasteiger charge is -2.20. The van der Waals surface area contributed by atoms with Gasteiger partial charge in [0.2, 0.25) is 0 Å². The van der Waals surface area contributed by atoms with Gasteiger partial charge in [-0.25, -0.2) is 4.98 Å². The molecule has 0 spiro atoms. The van der Waals surface area contributed by atoms with Crippen LogP contribution in [0.15, 0.2) is 36.7 Å². The molecule has 4 nitrogen and oxygen atoms in total. The lowest BCUT2D eigenvalue weighted by Crippen LogP contribution is -2.25. The summed E-state index contributed by atoms with van der Waals surface area (Å²) in [6, 6.07) is 7.98. The minimum absolute atomic E-state index is 0.00597. The molecule has 0 aliphatic carbocycles. The van der Waals surface area contributed by atoms with E-state index in [1.165, 1.54) is 0 Å². The van der Waals surface area contributed by atoms with E-state index in [1.807, 2.05) is 25.1 Å². The van der Waals surface area contributed by atoms with Crippen molar-refractivity contribution in [2.24, 2.45) is 0 Å². The number of nitrogens with two attached hydrogens (primary N) is 1. The monoisotopic (exact) mass is 256 g/mol. The SMILES string of the molecule is CCCNC(c1ccccn1)c1cc(C)cnc1N. The van der Waals surface area contributed by atoms with E-state index in [1.54, 1.807) is 12.4 Å². The number of aryl methyl sites for hydroxylation is 1. The Kier molecular flexibility index (Phi) is 4.47. The van der Waals surface area contributed by atoms with E-state index in [4.69, 9.17) is 5.73 Å². The number of hydrogen-bond donors (Lipinski definition) is 2. The highest BCUT2D eigenvalue weighted by atomic mass is 15.0. The van der Waals surface area contributed by atoms with Crippen LogP contribution in [0.5, 0.6) is 0 Å². The van der Waals surface area contributed by atoms with E-state index in [0.29, 0.717) is 5.82 Å². The van der Waals surface area contributed by atoms with E-state index in [2.05, 4.69) is 28.3 Å². The minimum Gasteiger partial charge on any atom is -0.383 e. The Morgan fingerprint density at radius 1 is 1.32 bits per heavy atom. The van der Waals surface area contributed by atoms with Crippen LogP contribution in [-0.4, -0.2) is 16.5 Å². The number of nitrogens with one attached hydrogen (secondary N) is 1. The van der Waals surface area contributed by atoms with Crippen LogP contribution < -0.4 is 11.1 Å². The summed E-state index contributed by atoms with van der Waals surface area (Å²) in [4.78, 5) is 8.68. The molecule has 2 aromatic rings. The van der Waals surface area contributed by atoms with Gasteiger partial charge in [-0.15, -0.1) is 0 Å². The van der Waals surface area contributed by atoms with Gasteiger partial charge in [-0.3, -0.25) is 4.98 Å². The zero-order valence-corrected chi connectivity index (χ0v) is 11.4. The lowest BCUT2D eigenvalue weighted by molar-refractivity contribution is 0.586. The first-order chi connectivity index (χ1) is 9.22. The summed E-state index contributed by atoms with van der Waals surface area (Å²) in [5, 5.41) is 3.49. The summed E-state index contributed by atoms with van der Waals surface area (Å²) in [6.45, 7) is 5.07. The molecular weight excluding hydrogens is 236 g/mol. The molecule has 0 radical (unpaired) electrons. The van der Waals surface area contributed by atoms with Crippen molar-refractivity contribution in [2.75, 3.05) is 12.3 Å². The van der Waals surface area contributed by atoms with Gasteiger partial charge in [0.15, 0.2) is 0 Å². The first-order valence-electron chi connectivity index (χ1n) is 6.58. The summed E-state index contributed by atoms with van der Waals surface area (Å²) in [6.07, 6.45) is 4.64. The van der Waals surface area contributed by atoms with Crippen LogP contribution in [0.2, 0.25) is 0 Å². The van der Waals surface area contributed by atoms with Crippen molar-refractivity contribution in [2.45, 2.75) is 26.3 Å². The Hall–Kier alpha value is -1.94. The molecule has 0 saturated heterocycles. The van der Waals surface area contributed by atoms with Crippen LogP contribution in [0, 0.1) is 6.92 Å². The fourth-order valence-electron chi connectivity index (χ4n) is 2.04. The molecule has 0 aromatic carbocycles. The zero-order valence-electron chi connectivity index (χ0n) is 11.4. The molecule has 100 valence electrons. The second-order valence-electron chi connectivity index (χ2n) is 4.63. The molecule has 0 saturated carbocycles. The number of aromatic nitrogens is 2. The Labute approximate surface area is 114 Å². The lowest BCUT2D eigenvalue weighted by atomic mass is 10.0. The number of nitrogen functional groups attached to an aromatic ring is 1. The predicted octanol–water partition coefficient (Wildman–Crippen LogP) is 2.46. The van der Waals surface area contributed by atoms with Gasteiger partial charge in [-0.2, -0.15) is 0 Å². The van der Waals surface area contributed by atoms with Crippen molar-refractivity contribution in [3.8, 4) is 0 Å². The molecule has 2 rings (SSSR count). The molecule has 2 heterocycles. The highest BCUT2D eigenvalue weighted by molar-refractivity contribution is 5.46. The quantitative estimate of drug-likeness (QED) is 0.862. The van der Waals surface area contributed by atoms with Gasteiger partial charge < -0.3 is 11.1 Å². The van der Waals surface area contributed by atoms with Crippen molar-refractivity contribution in [3.05, 3.63) is 53.5 Å². The summed E-state index contributed by atoms with van der Waals surface area (Å²) < 4.78 is 0. The van der Waals surface area contributed by atoms with Crippen LogP contribution in [0.4, 0.5) is 5.82 Å². The largest absolute Gasteiger partial charge is 0.383 e. The molecule has 0 amide bonds. The first kappa shape index (κ1) is 13.5. The summed E-state index contributed by atoms with van der Waals surface area (Å²) in [5.74, 6) is 0.560. The average molecular weight is 256 g/mol. The molecule has 0 bridgehead atoms. The van der Waals surface area contributed by atoms with E-state index in [0.717, 1.165) is 29.8 Å². The van der Waals surface area contributed by atoms with Crippen molar-refractivity contribution < 1.29 is 0 Å². The normalized spacial score (nSPS) is 12.3. The topological polar surface area (TPSA) is 63.8 Å². The van der Waals surface area contributed by atoms with Gasteiger partial charge in [-0.05, 0) is 43.7 Å². The van der Waals surface area contributed by atoms with Crippen LogP contribution in [0.3, 0.4) is 0 Å². The molecule has 0 aliphatic heterocycles. The number of pyridine rings is 2. The van der Waals surface area contributed by atoms with Crippen molar-refractivity contribution in [1.82, 2.24) is 15.3 Å². The fourth-order valence-corrected chi connectivity index (χ4v) is 2.04. The van der Waals surface area contributed by atoms with Crippen LogP contribution >= 0.6 is 0 Å². The van der Waals surface area contributed by atoms with E-state index < -0.39 is 0 Å². The maximum Gasteiger partial charge on any atom is 0.128 e.